The molecule has 2 aromatic rings. The van der Waals surface area contributed by atoms with Crippen molar-refractivity contribution in [2.75, 3.05) is 7.11 Å². The second kappa shape index (κ2) is 5.12. The van der Waals surface area contributed by atoms with E-state index in [1.54, 1.807) is 6.07 Å². The minimum absolute atomic E-state index is 0.321. The standard InChI is InChI=1S/C16H17NO3/c1-20-16(19)11-4-7-15-13(8-11)14(9-17-15)10-2-5-12(18)6-3-10/h4,7-10,17H,2-3,5-6H2,1H3. The van der Waals surface area contributed by atoms with Crippen LogP contribution in [0.15, 0.2) is 24.4 Å². The lowest BCUT2D eigenvalue weighted by molar-refractivity contribution is -0.120. The van der Waals surface area contributed by atoms with Crippen molar-refractivity contribution in [3.8, 4) is 0 Å². The Morgan fingerprint density at radius 1 is 1.30 bits per heavy atom. The van der Waals surface area contributed by atoms with Crippen LogP contribution in [0.1, 0.15) is 47.5 Å². The number of Topliss-reactive ketones (excluding diaryl/α,β-unsaturated/α-hetero) is 1. The van der Waals surface area contributed by atoms with Gasteiger partial charge in [0.05, 0.1) is 12.7 Å². The Kier molecular flexibility index (Phi) is 3.30. The van der Waals surface area contributed by atoms with Crippen molar-refractivity contribution in [1.29, 1.82) is 0 Å². The molecular formula is C16H17NO3. The van der Waals surface area contributed by atoms with Gasteiger partial charge in [-0.15, -0.1) is 0 Å². The number of ether oxygens (including phenoxy) is 1. The number of H-pyrrole nitrogens is 1. The van der Waals surface area contributed by atoms with Crippen LogP contribution in [-0.4, -0.2) is 23.8 Å². The van der Waals surface area contributed by atoms with E-state index in [-0.39, 0.29) is 5.97 Å². The molecule has 1 aliphatic rings. The zero-order chi connectivity index (χ0) is 14.1. The van der Waals surface area contributed by atoms with E-state index < -0.39 is 0 Å². The number of aromatic amines is 1. The Balaban J connectivity index is 1.98. The van der Waals surface area contributed by atoms with E-state index in [0.29, 0.717) is 30.1 Å². The van der Waals surface area contributed by atoms with Gasteiger partial charge in [-0.05, 0) is 42.5 Å². The Bertz CT molecular complexity index is 661. The second-order valence-corrected chi connectivity index (χ2v) is 5.31. The minimum Gasteiger partial charge on any atom is -0.465 e. The number of fused-ring (bicyclic) bond motifs is 1. The predicted octanol–water partition coefficient (Wildman–Crippen LogP) is 3.18. The van der Waals surface area contributed by atoms with E-state index >= 15 is 0 Å². The average molecular weight is 271 g/mol. The van der Waals surface area contributed by atoms with Crippen LogP contribution in [0.5, 0.6) is 0 Å². The Labute approximate surface area is 117 Å². The van der Waals surface area contributed by atoms with Crippen LogP contribution in [-0.2, 0) is 9.53 Å². The van der Waals surface area contributed by atoms with Gasteiger partial charge in [-0.25, -0.2) is 4.79 Å². The van der Waals surface area contributed by atoms with Crippen molar-refractivity contribution >= 4 is 22.7 Å². The quantitative estimate of drug-likeness (QED) is 0.853. The lowest BCUT2D eigenvalue weighted by Crippen LogP contribution is -2.12. The number of hydrogen-bond acceptors (Lipinski definition) is 3. The third-order valence-electron chi connectivity index (χ3n) is 4.12. The molecule has 0 bridgehead atoms. The molecule has 0 atom stereocenters. The van der Waals surface area contributed by atoms with Crippen LogP contribution in [0.25, 0.3) is 10.9 Å². The zero-order valence-corrected chi connectivity index (χ0v) is 11.4. The molecule has 1 aromatic carbocycles. The van der Waals surface area contributed by atoms with Gasteiger partial charge in [0.2, 0.25) is 0 Å². The molecule has 1 aromatic heterocycles. The SMILES string of the molecule is COC(=O)c1ccc2[nH]cc(C3CCC(=O)CC3)c2c1. The third-order valence-corrected chi connectivity index (χ3v) is 4.12. The van der Waals surface area contributed by atoms with E-state index in [1.165, 1.54) is 12.7 Å². The molecule has 0 amide bonds. The Hall–Kier alpha value is -2.10. The summed E-state index contributed by atoms with van der Waals surface area (Å²) in [5.74, 6) is 0.434. The number of hydrogen-bond donors (Lipinski definition) is 1. The summed E-state index contributed by atoms with van der Waals surface area (Å²) < 4.78 is 4.77. The number of rotatable bonds is 2. The molecule has 4 heteroatoms. The summed E-state index contributed by atoms with van der Waals surface area (Å²) in [7, 11) is 1.39. The highest BCUT2D eigenvalue weighted by Gasteiger charge is 2.22. The van der Waals surface area contributed by atoms with Crippen LogP contribution in [0, 0.1) is 0 Å². The van der Waals surface area contributed by atoms with E-state index in [9.17, 15) is 9.59 Å². The number of esters is 1. The summed E-state index contributed by atoms with van der Waals surface area (Å²) in [6.07, 6.45) is 5.12. The van der Waals surface area contributed by atoms with Gasteiger partial charge in [0.1, 0.15) is 5.78 Å². The first-order chi connectivity index (χ1) is 9.69. The third kappa shape index (κ3) is 2.22. The fourth-order valence-corrected chi connectivity index (χ4v) is 2.98. The molecule has 0 saturated heterocycles. The summed E-state index contributed by atoms with van der Waals surface area (Å²) in [4.78, 5) is 26.2. The Morgan fingerprint density at radius 2 is 2.05 bits per heavy atom. The monoisotopic (exact) mass is 271 g/mol. The highest BCUT2D eigenvalue weighted by atomic mass is 16.5. The van der Waals surface area contributed by atoms with E-state index in [0.717, 1.165) is 23.7 Å². The molecule has 1 aliphatic carbocycles. The second-order valence-electron chi connectivity index (χ2n) is 5.31. The molecule has 20 heavy (non-hydrogen) atoms. The maximum atomic E-state index is 11.6. The molecule has 1 fully saturated rings. The maximum Gasteiger partial charge on any atom is 0.337 e. The van der Waals surface area contributed by atoms with Crippen LogP contribution in [0.2, 0.25) is 0 Å². The molecule has 0 unspecified atom stereocenters. The van der Waals surface area contributed by atoms with Crippen LogP contribution < -0.4 is 0 Å². The summed E-state index contributed by atoms with van der Waals surface area (Å²) in [5.41, 5.74) is 2.79. The number of methoxy groups -OCH3 is 1. The van der Waals surface area contributed by atoms with Crippen molar-refractivity contribution in [1.82, 2.24) is 4.98 Å². The largest absolute Gasteiger partial charge is 0.465 e. The molecular weight excluding hydrogens is 254 g/mol. The van der Waals surface area contributed by atoms with E-state index in [2.05, 4.69) is 4.98 Å². The number of carbonyl (C=O) groups is 2. The van der Waals surface area contributed by atoms with Crippen LogP contribution >= 0.6 is 0 Å². The number of carbonyl (C=O) groups excluding carboxylic acids is 2. The molecule has 0 radical (unpaired) electrons. The molecule has 104 valence electrons. The molecule has 0 aliphatic heterocycles. The first-order valence-corrected chi connectivity index (χ1v) is 6.90. The number of ketones is 1. The summed E-state index contributed by atoms with van der Waals surface area (Å²) in [6.45, 7) is 0. The van der Waals surface area contributed by atoms with Gasteiger partial charge in [-0.2, -0.15) is 0 Å². The number of benzene rings is 1. The number of nitrogens with one attached hydrogen (secondary N) is 1. The van der Waals surface area contributed by atoms with Gasteiger partial charge >= 0.3 is 5.97 Å². The van der Waals surface area contributed by atoms with Crippen molar-refractivity contribution < 1.29 is 14.3 Å². The molecule has 3 rings (SSSR count). The number of aromatic nitrogens is 1. The van der Waals surface area contributed by atoms with Gasteiger partial charge in [0.25, 0.3) is 0 Å². The zero-order valence-electron chi connectivity index (χ0n) is 11.4. The molecule has 1 heterocycles. The van der Waals surface area contributed by atoms with E-state index in [4.69, 9.17) is 4.74 Å². The lowest BCUT2D eigenvalue weighted by Gasteiger charge is -2.20. The van der Waals surface area contributed by atoms with Gasteiger partial charge in [-0.1, -0.05) is 0 Å². The fourth-order valence-electron chi connectivity index (χ4n) is 2.98. The predicted molar refractivity (Wildman–Crippen MR) is 75.9 cm³/mol. The van der Waals surface area contributed by atoms with Gasteiger partial charge < -0.3 is 9.72 Å². The normalized spacial score (nSPS) is 16.6. The smallest absolute Gasteiger partial charge is 0.337 e. The lowest BCUT2D eigenvalue weighted by atomic mass is 9.83. The molecule has 1 saturated carbocycles. The van der Waals surface area contributed by atoms with E-state index in [1.807, 2.05) is 18.3 Å². The highest BCUT2D eigenvalue weighted by Crippen LogP contribution is 2.35. The van der Waals surface area contributed by atoms with Gasteiger partial charge in [0, 0.05) is 29.9 Å². The fraction of sp³-hybridized carbons (Fsp3) is 0.375. The first-order valence-electron chi connectivity index (χ1n) is 6.90. The van der Waals surface area contributed by atoms with Crippen LogP contribution in [0.4, 0.5) is 0 Å². The maximum absolute atomic E-state index is 11.6. The molecule has 1 N–H and O–H groups in total. The minimum atomic E-state index is -0.321. The van der Waals surface area contributed by atoms with Crippen molar-refractivity contribution in [3.63, 3.8) is 0 Å². The van der Waals surface area contributed by atoms with Crippen molar-refractivity contribution in [2.45, 2.75) is 31.6 Å². The molecule has 0 spiro atoms. The van der Waals surface area contributed by atoms with Crippen molar-refractivity contribution in [3.05, 3.63) is 35.5 Å². The summed E-state index contributed by atoms with van der Waals surface area (Å²) in [5, 5.41) is 1.06. The van der Waals surface area contributed by atoms with Gasteiger partial charge in [-0.3, -0.25) is 4.79 Å². The van der Waals surface area contributed by atoms with Gasteiger partial charge in [0.15, 0.2) is 0 Å². The highest BCUT2D eigenvalue weighted by molar-refractivity contribution is 5.96. The van der Waals surface area contributed by atoms with Crippen LogP contribution in [0.3, 0.4) is 0 Å². The Morgan fingerprint density at radius 3 is 2.75 bits per heavy atom. The molecule has 4 nitrogen and oxygen atoms in total. The average Bonchev–Trinajstić information content (AvgIpc) is 2.90. The van der Waals surface area contributed by atoms with Crippen molar-refractivity contribution in [2.24, 2.45) is 0 Å². The summed E-state index contributed by atoms with van der Waals surface area (Å²) in [6, 6.07) is 5.54. The summed E-state index contributed by atoms with van der Waals surface area (Å²) >= 11 is 0. The first kappa shape index (κ1) is 12.9. The topological polar surface area (TPSA) is 59.2 Å².